The number of carboxylic acid groups (broad SMARTS) is 1. The molecule has 0 heterocycles. The summed E-state index contributed by atoms with van der Waals surface area (Å²) < 4.78 is 143. The molecular formula is C15H12F9NO6S. The van der Waals surface area contributed by atoms with Gasteiger partial charge in [0.05, 0.1) is 11.1 Å². The number of carboxylic acids is 1. The monoisotopic (exact) mass is 505 g/mol. The van der Waals surface area contributed by atoms with Crippen LogP contribution in [0.5, 0.6) is 0 Å². The summed E-state index contributed by atoms with van der Waals surface area (Å²) in [6, 6.07) is 4.06. The lowest BCUT2D eigenvalue weighted by molar-refractivity contribution is -0.382. The lowest BCUT2D eigenvalue weighted by Gasteiger charge is -2.34. The van der Waals surface area contributed by atoms with Gasteiger partial charge in [0.1, 0.15) is 6.61 Å². The molecule has 0 unspecified atom stereocenters. The first-order valence-electron chi connectivity index (χ1n) is 7.88. The van der Waals surface area contributed by atoms with Gasteiger partial charge in [0, 0.05) is 13.6 Å². The van der Waals surface area contributed by atoms with Crippen LogP contribution in [0.15, 0.2) is 24.3 Å². The summed E-state index contributed by atoms with van der Waals surface area (Å²) in [5.41, 5.74) is -0.760. The van der Waals surface area contributed by atoms with Crippen LogP contribution in [0.25, 0.3) is 0 Å². The highest BCUT2D eigenvalue weighted by atomic mass is 32.2. The molecule has 1 rings (SSSR count). The van der Waals surface area contributed by atoms with Gasteiger partial charge in [-0.05, 0) is 18.2 Å². The number of halogens is 9. The fourth-order valence-corrected chi connectivity index (χ4v) is 3.13. The highest BCUT2D eigenvalue weighted by molar-refractivity contribution is 7.90. The van der Waals surface area contributed by atoms with E-state index >= 15 is 0 Å². The Bertz CT molecular complexity index is 978. The second kappa shape index (κ2) is 8.76. The molecule has 0 aliphatic heterocycles. The van der Waals surface area contributed by atoms with Gasteiger partial charge in [-0.1, -0.05) is 6.07 Å². The first kappa shape index (κ1) is 27.5. The summed E-state index contributed by atoms with van der Waals surface area (Å²) in [6.07, 6.45) is -7.20. The van der Waals surface area contributed by atoms with Crippen LogP contribution in [0, 0.1) is 0 Å². The quantitative estimate of drug-likeness (QED) is 0.409. The third kappa shape index (κ3) is 4.77. The third-order valence-corrected chi connectivity index (χ3v) is 5.74. The maximum atomic E-state index is 13.7. The molecule has 17 heteroatoms. The Morgan fingerprint density at radius 2 is 1.47 bits per heavy atom. The molecule has 1 aromatic rings. The molecule has 1 N–H and O–H groups in total. The number of aromatic carboxylic acids is 1. The van der Waals surface area contributed by atoms with E-state index in [0.717, 1.165) is 24.3 Å². The molecule has 32 heavy (non-hydrogen) atoms. The molecule has 0 aliphatic rings. The Morgan fingerprint density at radius 3 is 1.94 bits per heavy atom. The fourth-order valence-electron chi connectivity index (χ4n) is 1.97. The Labute approximate surface area is 173 Å². The van der Waals surface area contributed by atoms with Gasteiger partial charge in [-0.25, -0.2) is 18.0 Å². The molecule has 0 aliphatic carbocycles. The first-order chi connectivity index (χ1) is 14.2. The Hall–Kier alpha value is -2.56. The van der Waals surface area contributed by atoms with Crippen LogP contribution in [-0.2, 0) is 14.8 Å². The van der Waals surface area contributed by atoms with Crippen molar-refractivity contribution in [3.8, 4) is 0 Å². The van der Waals surface area contributed by atoms with E-state index in [2.05, 4.69) is 4.74 Å². The number of alkyl halides is 9. The lowest BCUT2D eigenvalue weighted by atomic mass is 10.1. The number of ether oxygens (including phenoxy) is 1. The number of rotatable bonds is 9. The number of benzene rings is 1. The van der Waals surface area contributed by atoms with Gasteiger partial charge in [0.2, 0.25) is 0 Å². The van der Waals surface area contributed by atoms with E-state index < -0.39 is 68.3 Å². The molecule has 182 valence electrons. The third-order valence-electron chi connectivity index (χ3n) is 3.83. The van der Waals surface area contributed by atoms with Crippen LogP contribution < -0.4 is 0 Å². The molecular weight excluding hydrogens is 493 g/mol. The second-order valence-corrected chi connectivity index (χ2v) is 8.10. The summed E-state index contributed by atoms with van der Waals surface area (Å²) in [7, 11) is -6.68. The number of nitrogens with zero attached hydrogens (tertiary/aromatic N) is 1. The van der Waals surface area contributed by atoms with Crippen molar-refractivity contribution in [3.63, 3.8) is 0 Å². The minimum Gasteiger partial charge on any atom is -0.478 e. The molecule has 0 radical (unpaired) electrons. The normalized spacial score (nSPS) is 13.8. The van der Waals surface area contributed by atoms with Crippen molar-refractivity contribution in [2.75, 3.05) is 20.2 Å². The summed E-state index contributed by atoms with van der Waals surface area (Å²) in [6.45, 7) is -2.49. The van der Waals surface area contributed by atoms with E-state index in [1.165, 1.54) is 0 Å². The van der Waals surface area contributed by atoms with E-state index in [1.807, 2.05) is 0 Å². The first-order valence-corrected chi connectivity index (χ1v) is 9.32. The van der Waals surface area contributed by atoms with E-state index in [-0.39, 0.29) is 12.6 Å². The molecule has 0 aromatic heterocycles. The maximum absolute atomic E-state index is 13.7. The second-order valence-electron chi connectivity index (χ2n) is 6.01. The molecule has 1 aromatic carbocycles. The topological polar surface area (TPSA) is 101 Å². The molecule has 0 saturated heterocycles. The average Bonchev–Trinajstić information content (AvgIpc) is 2.66. The zero-order valence-electron chi connectivity index (χ0n) is 15.5. The van der Waals surface area contributed by atoms with Crippen molar-refractivity contribution >= 4 is 22.0 Å². The van der Waals surface area contributed by atoms with Gasteiger partial charge in [-0.2, -0.15) is 43.8 Å². The number of likely N-dealkylation sites (N-methyl/N-ethyl adjacent to an activating group) is 1. The number of carbonyl (C=O) groups is 2. The van der Waals surface area contributed by atoms with Crippen LogP contribution in [-0.4, -0.2) is 73.2 Å². The van der Waals surface area contributed by atoms with Crippen LogP contribution in [0.3, 0.4) is 0 Å². The van der Waals surface area contributed by atoms with Crippen molar-refractivity contribution in [1.29, 1.82) is 0 Å². The maximum Gasteiger partial charge on any atom is 0.460 e. The van der Waals surface area contributed by atoms with Crippen LogP contribution in [0.4, 0.5) is 39.5 Å². The largest absolute Gasteiger partial charge is 0.478 e. The fraction of sp³-hybridized carbons (Fsp3) is 0.467. The van der Waals surface area contributed by atoms with Crippen molar-refractivity contribution in [2.45, 2.75) is 23.3 Å². The summed E-state index contributed by atoms with van der Waals surface area (Å²) in [5.74, 6) is -17.5. The summed E-state index contributed by atoms with van der Waals surface area (Å²) in [5, 5.41) is 1.89. The Morgan fingerprint density at radius 1 is 0.969 bits per heavy atom. The minimum absolute atomic E-state index is 0.143. The zero-order chi connectivity index (χ0) is 25.3. The predicted octanol–water partition coefficient (Wildman–Crippen LogP) is 3.23. The van der Waals surface area contributed by atoms with E-state index in [4.69, 9.17) is 5.11 Å². The van der Waals surface area contributed by atoms with Crippen molar-refractivity contribution in [2.24, 2.45) is 0 Å². The lowest BCUT2D eigenvalue weighted by Crippen LogP contribution is -2.65. The van der Waals surface area contributed by atoms with Crippen molar-refractivity contribution in [3.05, 3.63) is 35.4 Å². The highest BCUT2D eigenvalue weighted by Crippen LogP contribution is 2.55. The summed E-state index contributed by atoms with van der Waals surface area (Å²) >= 11 is 0. The highest BCUT2D eigenvalue weighted by Gasteiger charge is 2.85. The van der Waals surface area contributed by atoms with Gasteiger partial charge in [-0.15, -0.1) is 0 Å². The molecule has 0 saturated carbocycles. The average molecular weight is 505 g/mol. The molecule has 7 nitrogen and oxygen atoms in total. The van der Waals surface area contributed by atoms with Gasteiger partial charge < -0.3 is 9.84 Å². The zero-order valence-corrected chi connectivity index (χ0v) is 16.3. The molecule has 0 atom stereocenters. The van der Waals surface area contributed by atoms with E-state index in [1.54, 1.807) is 0 Å². The van der Waals surface area contributed by atoms with Gasteiger partial charge in [-0.3, -0.25) is 0 Å². The SMILES string of the molecule is CN(CCOC(=O)c1cccc(C(=O)O)c1)S(=O)(=O)C(F)(F)C(F)(F)C(F)(F)C(F)(F)F. The molecule has 0 bridgehead atoms. The van der Waals surface area contributed by atoms with E-state index in [0.29, 0.717) is 0 Å². The summed E-state index contributed by atoms with van der Waals surface area (Å²) in [4.78, 5) is 22.6. The molecule has 0 spiro atoms. The minimum atomic E-state index is -7.40. The standard InChI is InChI=1S/C15H12F9NO6S/c1-25(5-6-31-11(28)9-4-2-3-8(7-9)10(26)27)32(29,30)15(23,24)13(18,19)12(16,17)14(20,21)22/h2-4,7H,5-6H2,1H3,(H,26,27). The van der Waals surface area contributed by atoms with Gasteiger partial charge in [0.15, 0.2) is 0 Å². The molecule has 0 amide bonds. The number of carbonyl (C=O) groups excluding carboxylic acids is 1. The van der Waals surface area contributed by atoms with Crippen LogP contribution in [0.2, 0.25) is 0 Å². The van der Waals surface area contributed by atoms with Crippen LogP contribution in [0.1, 0.15) is 20.7 Å². The van der Waals surface area contributed by atoms with Crippen molar-refractivity contribution in [1.82, 2.24) is 4.31 Å². The van der Waals surface area contributed by atoms with Gasteiger partial charge >= 0.3 is 35.2 Å². The molecule has 0 fully saturated rings. The van der Waals surface area contributed by atoms with Crippen LogP contribution >= 0.6 is 0 Å². The number of esters is 1. The predicted molar refractivity (Wildman–Crippen MR) is 86.1 cm³/mol. The van der Waals surface area contributed by atoms with Crippen molar-refractivity contribution < 1.29 is 67.4 Å². The smallest absolute Gasteiger partial charge is 0.460 e. The Kier molecular flexibility index (Phi) is 7.52. The van der Waals surface area contributed by atoms with Gasteiger partial charge in [0.25, 0.3) is 10.0 Å². The Balaban J connectivity index is 2.98. The number of hydrogen-bond donors (Lipinski definition) is 1. The number of hydrogen-bond acceptors (Lipinski definition) is 5. The van der Waals surface area contributed by atoms with E-state index in [9.17, 15) is 57.5 Å². The number of sulfonamides is 1.